The number of rotatable bonds is 4. The van der Waals surface area contributed by atoms with Crippen molar-refractivity contribution in [3.05, 3.63) is 89.3 Å². The fourth-order valence-corrected chi connectivity index (χ4v) is 4.52. The van der Waals surface area contributed by atoms with Crippen molar-refractivity contribution < 1.29 is 4.79 Å². The number of amides is 1. The Balaban J connectivity index is 1.33. The zero-order valence-electron chi connectivity index (χ0n) is 15.2. The Morgan fingerprint density at radius 3 is 2.41 bits per heavy atom. The molecule has 0 unspecified atom stereocenters. The first-order chi connectivity index (χ1) is 14.3. The van der Waals surface area contributed by atoms with Crippen LogP contribution < -0.4 is 5.32 Å². The van der Waals surface area contributed by atoms with Crippen LogP contribution in [-0.4, -0.2) is 15.9 Å². The first-order valence-electron chi connectivity index (χ1n) is 9.02. The molecule has 29 heavy (non-hydrogen) atoms. The molecule has 5 rings (SSSR count). The van der Waals surface area contributed by atoms with Crippen LogP contribution in [0, 0.1) is 0 Å². The fraction of sp³-hybridized carbons (Fsp3) is 0. The Morgan fingerprint density at radius 1 is 0.828 bits per heavy atom. The van der Waals surface area contributed by atoms with Crippen LogP contribution >= 0.6 is 22.7 Å². The van der Waals surface area contributed by atoms with Gasteiger partial charge in [-0.25, -0.2) is 9.97 Å². The topological polar surface area (TPSA) is 54.9 Å². The number of hydrogen-bond acceptors (Lipinski definition) is 5. The maximum Gasteiger partial charge on any atom is 0.257 e. The molecule has 0 bridgehead atoms. The molecule has 1 amide bonds. The number of anilines is 1. The van der Waals surface area contributed by atoms with Crippen molar-refractivity contribution in [2.45, 2.75) is 0 Å². The summed E-state index contributed by atoms with van der Waals surface area (Å²) < 4.78 is 0.996. The number of nitrogens with zero attached hydrogens (tertiary/aromatic N) is 2. The number of hydrogen-bond donors (Lipinski definition) is 1. The summed E-state index contributed by atoms with van der Waals surface area (Å²) in [4.78, 5) is 21.4. The Labute approximate surface area is 175 Å². The number of thiazole rings is 2. The Kier molecular flexibility index (Phi) is 4.63. The number of benzene rings is 3. The lowest BCUT2D eigenvalue weighted by Gasteiger charge is -2.03. The van der Waals surface area contributed by atoms with E-state index in [0.29, 0.717) is 10.7 Å². The van der Waals surface area contributed by atoms with Gasteiger partial charge >= 0.3 is 0 Å². The maximum absolute atomic E-state index is 12.6. The minimum absolute atomic E-state index is 0.166. The summed E-state index contributed by atoms with van der Waals surface area (Å²) in [6, 6.07) is 24.1. The highest BCUT2D eigenvalue weighted by Crippen LogP contribution is 2.28. The van der Waals surface area contributed by atoms with E-state index in [1.54, 1.807) is 11.6 Å². The van der Waals surface area contributed by atoms with Gasteiger partial charge in [-0.3, -0.25) is 10.1 Å². The number of fused-ring (bicyclic) bond motifs is 1. The summed E-state index contributed by atoms with van der Waals surface area (Å²) in [7, 11) is 0. The van der Waals surface area contributed by atoms with Crippen LogP contribution in [-0.2, 0) is 0 Å². The van der Waals surface area contributed by atoms with Gasteiger partial charge in [-0.1, -0.05) is 54.6 Å². The molecular weight excluding hydrogens is 398 g/mol. The largest absolute Gasteiger partial charge is 0.298 e. The number of carbonyl (C=O) groups is 1. The number of nitrogens with one attached hydrogen (secondary N) is 1. The van der Waals surface area contributed by atoms with E-state index >= 15 is 0 Å². The van der Waals surface area contributed by atoms with Crippen molar-refractivity contribution in [3.63, 3.8) is 0 Å². The molecule has 0 aliphatic carbocycles. The van der Waals surface area contributed by atoms with Gasteiger partial charge in [0.25, 0.3) is 5.91 Å². The summed E-state index contributed by atoms with van der Waals surface area (Å²) in [6.45, 7) is 0. The molecule has 0 atom stereocenters. The standard InChI is InChI=1S/C23H15N3OS2/c27-22(18-10-11-19-21(12-18)29-14-24-19)26-23-25-20(13-28-23)17-8-6-16(7-9-17)15-4-2-1-3-5-15/h1-14H,(H,25,26,27). The first kappa shape index (κ1) is 17.7. The lowest BCUT2D eigenvalue weighted by molar-refractivity contribution is 0.102. The van der Waals surface area contributed by atoms with Crippen molar-refractivity contribution in [2.75, 3.05) is 5.32 Å². The smallest absolute Gasteiger partial charge is 0.257 e. The van der Waals surface area contributed by atoms with Gasteiger partial charge in [-0.05, 0) is 29.3 Å². The summed E-state index contributed by atoms with van der Waals surface area (Å²) in [5.74, 6) is -0.166. The van der Waals surface area contributed by atoms with E-state index in [2.05, 4.69) is 51.7 Å². The molecule has 1 N–H and O–H groups in total. The second kappa shape index (κ2) is 7.58. The minimum atomic E-state index is -0.166. The zero-order valence-corrected chi connectivity index (χ0v) is 16.8. The van der Waals surface area contributed by atoms with Crippen LogP contribution in [0.15, 0.2) is 83.7 Å². The van der Waals surface area contributed by atoms with E-state index in [4.69, 9.17) is 0 Å². The molecule has 5 aromatic rings. The van der Waals surface area contributed by atoms with Gasteiger partial charge in [0, 0.05) is 16.5 Å². The number of carbonyl (C=O) groups excluding carboxylic acids is 1. The van der Waals surface area contributed by atoms with E-state index in [-0.39, 0.29) is 5.91 Å². The predicted octanol–water partition coefficient (Wildman–Crippen LogP) is 6.34. The molecule has 4 nitrogen and oxygen atoms in total. The fourth-order valence-electron chi connectivity index (χ4n) is 3.09. The monoisotopic (exact) mass is 413 g/mol. The van der Waals surface area contributed by atoms with Gasteiger partial charge in [0.05, 0.1) is 21.4 Å². The average Bonchev–Trinajstić information content (AvgIpc) is 3.43. The highest BCUT2D eigenvalue weighted by atomic mass is 32.1. The molecule has 6 heteroatoms. The second-order valence-corrected chi connectivity index (χ2v) is 8.21. The molecule has 0 fully saturated rings. The zero-order chi connectivity index (χ0) is 19.6. The van der Waals surface area contributed by atoms with Crippen LogP contribution in [0.4, 0.5) is 5.13 Å². The summed E-state index contributed by atoms with van der Waals surface area (Å²) in [5.41, 5.74) is 7.51. The highest BCUT2D eigenvalue weighted by molar-refractivity contribution is 7.16. The average molecular weight is 414 g/mol. The molecule has 0 aliphatic heterocycles. The van der Waals surface area contributed by atoms with Crippen LogP contribution in [0.3, 0.4) is 0 Å². The van der Waals surface area contributed by atoms with Gasteiger partial charge in [0.2, 0.25) is 0 Å². The van der Waals surface area contributed by atoms with Crippen molar-refractivity contribution >= 4 is 43.9 Å². The van der Waals surface area contributed by atoms with Crippen LogP contribution in [0.1, 0.15) is 10.4 Å². The van der Waals surface area contributed by atoms with E-state index in [9.17, 15) is 4.79 Å². The number of aromatic nitrogens is 2. The molecule has 0 radical (unpaired) electrons. The molecule has 3 aromatic carbocycles. The van der Waals surface area contributed by atoms with E-state index in [1.165, 1.54) is 28.2 Å². The molecule has 2 heterocycles. The Bertz CT molecular complexity index is 1290. The molecule has 2 aromatic heterocycles. The van der Waals surface area contributed by atoms with Crippen LogP contribution in [0.5, 0.6) is 0 Å². The summed E-state index contributed by atoms with van der Waals surface area (Å²) >= 11 is 2.94. The van der Waals surface area contributed by atoms with Gasteiger partial charge in [-0.2, -0.15) is 0 Å². The van der Waals surface area contributed by atoms with Crippen molar-refractivity contribution in [2.24, 2.45) is 0 Å². The summed E-state index contributed by atoms with van der Waals surface area (Å²) in [5, 5.41) is 5.44. The van der Waals surface area contributed by atoms with Crippen LogP contribution in [0.2, 0.25) is 0 Å². The molecular formula is C23H15N3OS2. The SMILES string of the molecule is O=C(Nc1nc(-c2ccc(-c3ccccc3)cc2)cs1)c1ccc2ncsc2c1. The third kappa shape index (κ3) is 3.68. The quantitative estimate of drug-likeness (QED) is 0.374. The van der Waals surface area contributed by atoms with Crippen molar-refractivity contribution in [3.8, 4) is 22.4 Å². The minimum Gasteiger partial charge on any atom is -0.298 e. The molecule has 0 aliphatic rings. The Morgan fingerprint density at radius 2 is 1.59 bits per heavy atom. The normalized spacial score (nSPS) is 10.9. The van der Waals surface area contributed by atoms with E-state index in [0.717, 1.165) is 27.0 Å². The van der Waals surface area contributed by atoms with Crippen molar-refractivity contribution in [1.82, 2.24) is 9.97 Å². The molecule has 0 saturated carbocycles. The predicted molar refractivity (Wildman–Crippen MR) is 121 cm³/mol. The summed E-state index contributed by atoms with van der Waals surface area (Å²) in [6.07, 6.45) is 0. The lowest BCUT2D eigenvalue weighted by Crippen LogP contribution is -2.11. The Hall–Kier alpha value is -3.35. The van der Waals surface area contributed by atoms with Crippen molar-refractivity contribution in [1.29, 1.82) is 0 Å². The van der Waals surface area contributed by atoms with E-state index in [1.807, 2.05) is 35.7 Å². The molecule has 0 spiro atoms. The van der Waals surface area contributed by atoms with Gasteiger partial charge < -0.3 is 0 Å². The van der Waals surface area contributed by atoms with E-state index < -0.39 is 0 Å². The van der Waals surface area contributed by atoms with Gasteiger partial charge in [0.15, 0.2) is 5.13 Å². The van der Waals surface area contributed by atoms with Gasteiger partial charge in [-0.15, -0.1) is 22.7 Å². The molecule has 0 saturated heterocycles. The van der Waals surface area contributed by atoms with Gasteiger partial charge in [0.1, 0.15) is 0 Å². The third-order valence-electron chi connectivity index (χ3n) is 4.61. The first-order valence-corrected chi connectivity index (χ1v) is 10.8. The maximum atomic E-state index is 12.6. The highest BCUT2D eigenvalue weighted by Gasteiger charge is 2.11. The lowest BCUT2D eigenvalue weighted by atomic mass is 10.0. The van der Waals surface area contributed by atoms with Crippen LogP contribution in [0.25, 0.3) is 32.6 Å². The molecule has 140 valence electrons. The second-order valence-electron chi connectivity index (χ2n) is 6.47. The third-order valence-corrected chi connectivity index (χ3v) is 6.16.